The first-order valence-electron chi connectivity index (χ1n) is 7.70. The number of hydrogen-bond donors (Lipinski definition) is 1. The molecule has 1 saturated heterocycles. The number of carbonyl (C=O) groups excluding carboxylic acids is 1. The highest BCUT2D eigenvalue weighted by molar-refractivity contribution is 6.34. The minimum atomic E-state index is -0.0265. The second-order valence-electron chi connectivity index (χ2n) is 6.75. The second kappa shape index (κ2) is 5.62. The lowest BCUT2D eigenvalue weighted by Crippen LogP contribution is -2.34. The molecule has 1 saturated carbocycles. The first kappa shape index (κ1) is 14.9. The quantitative estimate of drug-likeness (QED) is 0.911. The molecule has 1 aromatic rings. The van der Waals surface area contributed by atoms with Crippen LogP contribution in [0, 0.1) is 25.7 Å². The number of nitrogens with zero attached hydrogens (tertiary/aromatic N) is 1. The Labute approximate surface area is 131 Å². The summed E-state index contributed by atoms with van der Waals surface area (Å²) in [5, 5.41) is 3.77. The summed E-state index contributed by atoms with van der Waals surface area (Å²) in [6.45, 7) is 6.31. The summed E-state index contributed by atoms with van der Waals surface area (Å²) in [5.74, 6) is 1.47. The van der Waals surface area contributed by atoms with Crippen molar-refractivity contribution in [3.63, 3.8) is 0 Å². The molecule has 3 nitrogen and oxygen atoms in total. The number of likely N-dealkylation sites (tertiary alicyclic amines) is 1. The number of hydrogen-bond acceptors (Lipinski definition) is 2. The highest BCUT2D eigenvalue weighted by Gasteiger charge is 2.40. The van der Waals surface area contributed by atoms with Crippen LogP contribution in [-0.4, -0.2) is 37.0 Å². The van der Waals surface area contributed by atoms with Gasteiger partial charge in [0.15, 0.2) is 0 Å². The first-order valence-corrected chi connectivity index (χ1v) is 8.08. The van der Waals surface area contributed by atoms with Crippen LogP contribution in [0.5, 0.6) is 0 Å². The van der Waals surface area contributed by atoms with Gasteiger partial charge < -0.3 is 10.2 Å². The Morgan fingerprint density at radius 3 is 2.48 bits per heavy atom. The van der Waals surface area contributed by atoms with Crippen LogP contribution in [-0.2, 0) is 0 Å². The zero-order valence-electron chi connectivity index (χ0n) is 12.9. The van der Waals surface area contributed by atoms with Crippen molar-refractivity contribution in [1.82, 2.24) is 10.2 Å². The van der Waals surface area contributed by atoms with Crippen LogP contribution < -0.4 is 5.32 Å². The van der Waals surface area contributed by atoms with Crippen molar-refractivity contribution >= 4 is 17.5 Å². The molecular formula is C17H23ClN2O. The van der Waals surface area contributed by atoms with Crippen molar-refractivity contribution < 1.29 is 4.79 Å². The Hall–Kier alpha value is -1.06. The van der Waals surface area contributed by atoms with Gasteiger partial charge >= 0.3 is 0 Å². The molecule has 1 heterocycles. The molecule has 1 aliphatic heterocycles. The van der Waals surface area contributed by atoms with Crippen LogP contribution in [0.15, 0.2) is 12.1 Å². The lowest BCUT2D eigenvalue weighted by atomic mass is 10.0. The molecule has 2 fully saturated rings. The summed E-state index contributed by atoms with van der Waals surface area (Å²) in [6.07, 6.45) is 2.20. The largest absolute Gasteiger partial charge is 0.349 e. The standard InChI is InChI=1S/C17H23ClN2O/c1-10-4-5-15(16(18)11(10)2)17(21)19-14-6-12-8-20(3)9-13(12)7-14/h4-5,12-14H,6-9H2,1-3H3,(H,19,21)/t12-,13+,14-. The Morgan fingerprint density at radius 1 is 1.24 bits per heavy atom. The zero-order chi connectivity index (χ0) is 15.1. The zero-order valence-corrected chi connectivity index (χ0v) is 13.7. The van der Waals surface area contributed by atoms with Gasteiger partial charge in [-0.1, -0.05) is 17.7 Å². The summed E-state index contributed by atoms with van der Waals surface area (Å²) in [7, 11) is 2.18. The fourth-order valence-electron chi connectivity index (χ4n) is 3.87. The first-order chi connectivity index (χ1) is 9.95. The number of benzene rings is 1. The van der Waals surface area contributed by atoms with Gasteiger partial charge in [-0.3, -0.25) is 4.79 Å². The predicted molar refractivity (Wildman–Crippen MR) is 85.9 cm³/mol. The van der Waals surface area contributed by atoms with Gasteiger partial charge in [0.1, 0.15) is 0 Å². The topological polar surface area (TPSA) is 32.3 Å². The molecule has 4 heteroatoms. The Morgan fingerprint density at radius 2 is 1.86 bits per heavy atom. The van der Waals surface area contributed by atoms with Crippen molar-refractivity contribution in [2.24, 2.45) is 11.8 Å². The van der Waals surface area contributed by atoms with Gasteiger partial charge in [0, 0.05) is 19.1 Å². The van der Waals surface area contributed by atoms with Crippen molar-refractivity contribution in [1.29, 1.82) is 0 Å². The van der Waals surface area contributed by atoms with E-state index >= 15 is 0 Å². The summed E-state index contributed by atoms with van der Waals surface area (Å²) >= 11 is 6.33. The third-order valence-corrected chi connectivity index (χ3v) is 5.66. The van der Waals surface area contributed by atoms with E-state index in [4.69, 9.17) is 11.6 Å². The van der Waals surface area contributed by atoms with Crippen LogP contribution in [0.2, 0.25) is 5.02 Å². The van der Waals surface area contributed by atoms with Gasteiger partial charge in [-0.2, -0.15) is 0 Å². The smallest absolute Gasteiger partial charge is 0.253 e. The van der Waals surface area contributed by atoms with Crippen LogP contribution in [0.25, 0.3) is 0 Å². The van der Waals surface area contributed by atoms with Crippen LogP contribution >= 0.6 is 11.6 Å². The normalized spacial score (nSPS) is 28.7. The van der Waals surface area contributed by atoms with E-state index < -0.39 is 0 Å². The molecule has 0 aromatic heterocycles. The molecule has 3 rings (SSSR count). The lowest BCUT2D eigenvalue weighted by molar-refractivity contribution is 0.0935. The van der Waals surface area contributed by atoms with E-state index in [9.17, 15) is 4.79 Å². The van der Waals surface area contributed by atoms with Gasteiger partial charge in [0.2, 0.25) is 0 Å². The van der Waals surface area contributed by atoms with Gasteiger partial charge in [-0.25, -0.2) is 0 Å². The van der Waals surface area contributed by atoms with Crippen LogP contribution in [0.3, 0.4) is 0 Å². The third-order valence-electron chi connectivity index (χ3n) is 5.17. The molecule has 0 unspecified atom stereocenters. The molecule has 0 spiro atoms. The molecule has 2 aliphatic rings. The summed E-state index contributed by atoms with van der Waals surface area (Å²) in [5.41, 5.74) is 2.72. The number of aryl methyl sites for hydroxylation is 1. The molecule has 114 valence electrons. The van der Waals surface area contributed by atoms with Gasteiger partial charge in [0.25, 0.3) is 5.91 Å². The average Bonchev–Trinajstić information content (AvgIpc) is 2.92. The molecule has 1 amide bonds. The Balaban J connectivity index is 1.67. The summed E-state index contributed by atoms with van der Waals surface area (Å²) in [6, 6.07) is 4.11. The van der Waals surface area contributed by atoms with E-state index in [-0.39, 0.29) is 5.91 Å². The van der Waals surface area contributed by atoms with E-state index in [0.717, 1.165) is 35.8 Å². The molecule has 21 heavy (non-hydrogen) atoms. The molecule has 0 bridgehead atoms. The number of amides is 1. The van der Waals surface area contributed by atoms with Gasteiger partial charge in [-0.15, -0.1) is 0 Å². The van der Waals surface area contributed by atoms with Crippen molar-refractivity contribution in [3.8, 4) is 0 Å². The maximum absolute atomic E-state index is 12.5. The van der Waals surface area contributed by atoms with Crippen molar-refractivity contribution in [3.05, 3.63) is 33.8 Å². The average molecular weight is 307 g/mol. The number of nitrogens with one attached hydrogen (secondary N) is 1. The highest BCUT2D eigenvalue weighted by Crippen LogP contribution is 2.37. The molecule has 1 aliphatic carbocycles. The molecule has 1 aromatic carbocycles. The number of rotatable bonds is 2. The van der Waals surface area contributed by atoms with E-state index in [2.05, 4.69) is 17.3 Å². The number of carbonyl (C=O) groups is 1. The highest BCUT2D eigenvalue weighted by atomic mass is 35.5. The summed E-state index contributed by atoms with van der Waals surface area (Å²) < 4.78 is 0. The minimum absolute atomic E-state index is 0.0265. The van der Waals surface area contributed by atoms with E-state index in [1.54, 1.807) is 0 Å². The SMILES string of the molecule is Cc1ccc(C(=O)N[C@@H]2C[C@@H]3CN(C)C[C@@H]3C2)c(Cl)c1C. The second-order valence-corrected chi connectivity index (χ2v) is 7.13. The predicted octanol–water partition coefficient (Wildman–Crippen LogP) is 3.03. The molecule has 1 N–H and O–H groups in total. The van der Waals surface area contributed by atoms with Crippen LogP contribution in [0.1, 0.15) is 34.3 Å². The molecule has 0 radical (unpaired) electrons. The Kier molecular flexibility index (Phi) is 3.98. The third kappa shape index (κ3) is 2.82. The van der Waals surface area contributed by atoms with Gasteiger partial charge in [-0.05, 0) is 62.8 Å². The fourth-order valence-corrected chi connectivity index (χ4v) is 4.17. The maximum atomic E-state index is 12.5. The monoisotopic (exact) mass is 306 g/mol. The maximum Gasteiger partial charge on any atom is 0.253 e. The van der Waals surface area contributed by atoms with E-state index in [1.807, 2.05) is 26.0 Å². The molecular weight excluding hydrogens is 284 g/mol. The van der Waals surface area contributed by atoms with E-state index in [1.165, 1.54) is 13.1 Å². The lowest BCUT2D eigenvalue weighted by Gasteiger charge is -2.17. The Bertz CT molecular complexity index is 558. The summed E-state index contributed by atoms with van der Waals surface area (Å²) in [4.78, 5) is 14.9. The van der Waals surface area contributed by atoms with Gasteiger partial charge in [0.05, 0.1) is 10.6 Å². The fraction of sp³-hybridized carbons (Fsp3) is 0.588. The van der Waals surface area contributed by atoms with Crippen LogP contribution in [0.4, 0.5) is 0 Å². The van der Waals surface area contributed by atoms with Crippen molar-refractivity contribution in [2.75, 3.05) is 20.1 Å². The van der Waals surface area contributed by atoms with Crippen molar-refractivity contribution in [2.45, 2.75) is 32.7 Å². The molecule has 3 atom stereocenters. The number of halogens is 1. The number of fused-ring (bicyclic) bond motifs is 1. The van der Waals surface area contributed by atoms with E-state index in [0.29, 0.717) is 16.6 Å². The minimum Gasteiger partial charge on any atom is -0.349 e.